The minimum Gasteiger partial charge on any atom is -0.380 e. The summed E-state index contributed by atoms with van der Waals surface area (Å²) >= 11 is 0. The number of benzene rings is 4. The molecule has 2 aliphatic carbocycles. The molecule has 0 aromatic heterocycles. The first-order valence-electron chi connectivity index (χ1n) is 21.0. The van der Waals surface area contributed by atoms with Crippen LogP contribution >= 0.6 is 0 Å². The number of allylic oxidation sites excluding steroid dienone is 15. The second kappa shape index (κ2) is 18.0. The van der Waals surface area contributed by atoms with Crippen LogP contribution in [0.1, 0.15) is 74.8 Å². The molecule has 4 atom stereocenters. The summed E-state index contributed by atoms with van der Waals surface area (Å²) in [5.74, 6) is 0.219. The molecular weight excluding hydrogens is 703 g/mol. The first-order valence-corrected chi connectivity index (χ1v) is 21.0. The lowest BCUT2D eigenvalue weighted by Crippen LogP contribution is -2.40. The van der Waals surface area contributed by atoms with Gasteiger partial charge in [-0.05, 0) is 135 Å². The lowest BCUT2D eigenvalue weighted by molar-refractivity contribution is 0.421. The fourth-order valence-electron chi connectivity index (χ4n) is 8.85. The number of hydrogen-bond donors (Lipinski definition) is 3. The molecule has 2 heterocycles. The molecule has 290 valence electrons. The van der Waals surface area contributed by atoms with Crippen molar-refractivity contribution in [3.05, 3.63) is 234 Å². The summed E-state index contributed by atoms with van der Waals surface area (Å²) in [6.45, 7) is 12.6. The summed E-state index contributed by atoms with van der Waals surface area (Å²) in [6.07, 6.45) is 38.4. The van der Waals surface area contributed by atoms with Crippen LogP contribution in [0.3, 0.4) is 0 Å². The van der Waals surface area contributed by atoms with Crippen LogP contribution in [0.15, 0.2) is 217 Å². The Morgan fingerprint density at radius 3 is 2.52 bits per heavy atom. The highest BCUT2D eigenvalue weighted by Gasteiger charge is 2.27. The third kappa shape index (κ3) is 8.28. The standard InChI is InChI=1S/C55H55N3/c1-5-8-22-46(47-23-11-9-10-19-41(47)18-6-2)38(4)28-29-39(7-3)53-36-54(51-35-43-20-12-14-24-48(43)49-25-15-16-26-50(49)51)58-55(57-53)42-32-30-40(31-33-42)45-34-44-21-13-17-27-52(44)56-37-45/h5-7,10,12-17,19-22,24-38,52,54-58H,1-2,8-9,11,18,23H2,3-4H3/b29-28-,39-7+,46-22-. The van der Waals surface area contributed by atoms with Gasteiger partial charge in [-0.1, -0.05) is 153 Å². The second-order valence-corrected chi connectivity index (χ2v) is 15.7. The zero-order valence-electron chi connectivity index (χ0n) is 33.9. The molecule has 8 rings (SSSR count). The first-order chi connectivity index (χ1) is 28.5. The maximum atomic E-state index is 4.08. The van der Waals surface area contributed by atoms with Crippen molar-refractivity contribution in [2.24, 2.45) is 5.92 Å². The van der Waals surface area contributed by atoms with E-state index in [0.29, 0.717) is 0 Å². The molecule has 0 fully saturated rings. The van der Waals surface area contributed by atoms with Crippen LogP contribution in [0.2, 0.25) is 0 Å². The largest absolute Gasteiger partial charge is 0.380 e. The van der Waals surface area contributed by atoms with E-state index in [1.807, 2.05) is 12.2 Å². The predicted molar refractivity (Wildman–Crippen MR) is 249 cm³/mol. The number of nitrogens with one attached hydrogen (secondary N) is 3. The SMILES string of the molecule is C=CC/C=C(\C1=C(CC=C)C=CCCC1)C(C)/C=C\C(=C/C)C1=CC(c2cc3ccccc3c3ccccc23)NC(c2ccc(C3=CNC4C=CC=CC4=C3)cc2)N1. The first kappa shape index (κ1) is 38.7. The minimum absolute atomic E-state index is 0.0401. The van der Waals surface area contributed by atoms with E-state index in [0.717, 1.165) is 37.8 Å². The smallest absolute Gasteiger partial charge is 0.104 e. The molecule has 0 amide bonds. The van der Waals surface area contributed by atoms with E-state index in [2.05, 4.69) is 201 Å². The Kier molecular flexibility index (Phi) is 12.0. The third-order valence-electron chi connectivity index (χ3n) is 11.9. The highest BCUT2D eigenvalue weighted by atomic mass is 15.2. The van der Waals surface area contributed by atoms with E-state index in [9.17, 15) is 0 Å². The van der Waals surface area contributed by atoms with Crippen LogP contribution in [0, 0.1) is 5.92 Å². The Morgan fingerprint density at radius 1 is 0.897 bits per heavy atom. The van der Waals surface area contributed by atoms with Crippen LogP contribution in [0.4, 0.5) is 0 Å². The van der Waals surface area contributed by atoms with E-state index < -0.39 is 0 Å². The van der Waals surface area contributed by atoms with E-state index in [4.69, 9.17) is 0 Å². The number of rotatable bonds is 12. The van der Waals surface area contributed by atoms with Gasteiger partial charge in [0, 0.05) is 11.9 Å². The molecule has 58 heavy (non-hydrogen) atoms. The van der Waals surface area contributed by atoms with Crippen molar-refractivity contribution in [3.63, 3.8) is 0 Å². The van der Waals surface area contributed by atoms with Crippen LogP contribution in [0.5, 0.6) is 0 Å². The maximum Gasteiger partial charge on any atom is 0.104 e. The number of dihydropyridines is 1. The number of fused-ring (bicyclic) bond motifs is 4. The van der Waals surface area contributed by atoms with Crippen molar-refractivity contribution in [2.45, 2.75) is 64.2 Å². The van der Waals surface area contributed by atoms with Gasteiger partial charge >= 0.3 is 0 Å². The molecule has 4 aromatic carbocycles. The molecule has 3 N–H and O–H groups in total. The molecule has 4 aliphatic rings. The Hall–Kier alpha value is -6.16. The topological polar surface area (TPSA) is 36.1 Å². The molecule has 0 bridgehead atoms. The van der Waals surface area contributed by atoms with Gasteiger partial charge in [-0.25, -0.2) is 0 Å². The lowest BCUT2D eigenvalue weighted by Gasteiger charge is -2.34. The van der Waals surface area contributed by atoms with Crippen molar-refractivity contribution in [3.8, 4) is 0 Å². The molecule has 2 aliphatic heterocycles. The summed E-state index contributed by atoms with van der Waals surface area (Å²) in [4.78, 5) is 0. The summed E-state index contributed by atoms with van der Waals surface area (Å²) < 4.78 is 0. The molecule has 3 nitrogen and oxygen atoms in total. The maximum absolute atomic E-state index is 4.08. The van der Waals surface area contributed by atoms with Crippen molar-refractivity contribution in [1.29, 1.82) is 0 Å². The van der Waals surface area contributed by atoms with Gasteiger partial charge in [-0.2, -0.15) is 0 Å². The Morgan fingerprint density at radius 2 is 1.71 bits per heavy atom. The average Bonchev–Trinajstić information content (AvgIpc) is 3.51. The van der Waals surface area contributed by atoms with Gasteiger partial charge in [0.1, 0.15) is 6.17 Å². The third-order valence-corrected chi connectivity index (χ3v) is 11.9. The lowest BCUT2D eigenvalue weighted by atomic mass is 9.85. The quantitative estimate of drug-likeness (QED) is 0.0765. The van der Waals surface area contributed by atoms with E-state index >= 15 is 0 Å². The van der Waals surface area contributed by atoms with Crippen molar-refractivity contribution in [1.82, 2.24) is 16.0 Å². The Balaban J connectivity index is 1.15. The highest BCUT2D eigenvalue weighted by Crippen LogP contribution is 2.38. The monoisotopic (exact) mass is 757 g/mol. The zero-order valence-corrected chi connectivity index (χ0v) is 33.9. The molecule has 4 unspecified atom stereocenters. The van der Waals surface area contributed by atoms with Gasteiger partial charge in [-0.15, -0.1) is 13.2 Å². The number of hydrogen-bond acceptors (Lipinski definition) is 3. The van der Waals surface area contributed by atoms with Gasteiger partial charge in [0.05, 0.1) is 12.1 Å². The van der Waals surface area contributed by atoms with Gasteiger partial charge in [-0.3, -0.25) is 5.32 Å². The fourth-order valence-corrected chi connectivity index (χ4v) is 8.85. The summed E-state index contributed by atoms with van der Waals surface area (Å²) in [5, 5.41) is 16.6. The second-order valence-electron chi connectivity index (χ2n) is 15.7. The minimum atomic E-state index is -0.120. The molecular formula is C55H55N3. The Labute approximate surface area is 345 Å². The van der Waals surface area contributed by atoms with E-state index in [1.54, 1.807) is 0 Å². The molecule has 0 radical (unpaired) electrons. The van der Waals surface area contributed by atoms with Gasteiger partial charge in [0.2, 0.25) is 0 Å². The fraction of sp³-hybridized carbons (Fsp3) is 0.200. The Bertz CT molecular complexity index is 2520. The van der Waals surface area contributed by atoms with Crippen LogP contribution in [0.25, 0.3) is 27.1 Å². The van der Waals surface area contributed by atoms with E-state index in [1.165, 1.54) is 71.7 Å². The molecule has 0 spiro atoms. The van der Waals surface area contributed by atoms with Crippen LogP contribution in [-0.2, 0) is 0 Å². The van der Waals surface area contributed by atoms with Crippen molar-refractivity contribution in [2.75, 3.05) is 0 Å². The van der Waals surface area contributed by atoms with Crippen LogP contribution in [-0.4, -0.2) is 6.04 Å². The van der Waals surface area contributed by atoms with E-state index in [-0.39, 0.29) is 24.2 Å². The zero-order chi connectivity index (χ0) is 39.8. The van der Waals surface area contributed by atoms with Gasteiger partial charge < -0.3 is 10.6 Å². The average molecular weight is 758 g/mol. The van der Waals surface area contributed by atoms with Crippen LogP contribution < -0.4 is 16.0 Å². The van der Waals surface area contributed by atoms with Gasteiger partial charge in [0.25, 0.3) is 0 Å². The summed E-state index contributed by atoms with van der Waals surface area (Å²) in [6, 6.07) is 29.2. The van der Waals surface area contributed by atoms with Gasteiger partial charge in [0.15, 0.2) is 0 Å². The van der Waals surface area contributed by atoms with Crippen molar-refractivity contribution >= 4 is 27.1 Å². The summed E-state index contributed by atoms with van der Waals surface area (Å²) in [7, 11) is 0. The molecule has 3 heteroatoms. The molecule has 0 saturated carbocycles. The molecule has 0 saturated heterocycles. The normalized spacial score (nSPS) is 21.5. The highest BCUT2D eigenvalue weighted by molar-refractivity contribution is 6.09. The summed E-state index contributed by atoms with van der Waals surface area (Å²) in [5.41, 5.74) is 12.6. The molecule has 4 aromatic rings. The van der Waals surface area contributed by atoms with Crippen molar-refractivity contribution < 1.29 is 0 Å². The predicted octanol–water partition coefficient (Wildman–Crippen LogP) is 13.4.